The van der Waals surface area contributed by atoms with Crippen LogP contribution in [0.1, 0.15) is 149 Å². The van der Waals surface area contributed by atoms with Crippen LogP contribution < -0.4 is 0 Å². The number of para-hydroxylation sites is 1. The van der Waals surface area contributed by atoms with Crippen molar-refractivity contribution in [2.45, 2.75) is 104 Å². The fourth-order valence-electron chi connectivity index (χ4n) is 7.38. The number of nitrogens with zero attached hydrogens (tertiary/aromatic N) is 3. The zero-order valence-corrected chi connectivity index (χ0v) is 33.8. The van der Waals surface area contributed by atoms with E-state index in [0.29, 0.717) is 17.2 Å². The second-order valence-corrected chi connectivity index (χ2v) is 16.2. The maximum Gasteiger partial charge on any atom is 0.149 e. The molecule has 0 aliphatic rings. The van der Waals surface area contributed by atoms with Crippen LogP contribution in [0, 0.1) is 0 Å². The quantitative estimate of drug-likeness (QED) is 0.181. The molecular weight excluding hydrogens is 755 g/mol. The number of benzene rings is 6. The van der Waals surface area contributed by atoms with E-state index in [-0.39, 0.29) is 61.9 Å². The summed E-state index contributed by atoms with van der Waals surface area (Å²) >= 11 is 0. The lowest BCUT2D eigenvalue weighted by Crippen LogP contribution is -2.17. The van der Waals surface area contributed by atoms with Crippen LogP contribution in [0.15, 0.2) is 146 Å². The summed E-state index contributed by atoms with van der Waals surface area (Å²) in [6.07, 6.45) is 1.35. The maximum absolute atomic E-state index is 13.2. The molecule has 0 saturated carbocycles. The van der Waals surface area contributed by atoms with Crippen LogP contribution in [-0.4, -0.2) is 19.6 Å². The first-order valence-corrected chi connectivity index (χ1v) is 19.3. The standard InChI is InChI=1S/C58H61N3O/c1-55(2,3)42-26-27-50(46(34-42)38-22-17-14-18-23-38)61-51-25-19-24-45(52(51)60-54(61)47-35-44(57(7,8)9)36-48(53(47)62)58(10,11)12)40-30-41(32-43(31-40)56(4,5)6)49-33-39(28-29-59-49)37-20-15-13-16-21-37/h13-36,62H,1-12H3/i1D3,2D3,3D3,7D3,8D3,9D3,10D3,11D3,12D3,13D,15D,16D,20D,21D. The number of fused-ring (bicyclic) bond motifs is 1. The largest absolute Gasteiger partial charge is 0.507 e. The molecule has 4 nitrogen and oxygen atoms in total. The Labute approximate surface area is 414 Å². The summed E-state index contributed by atoms with van der Waals surface area (Å²) in [5.74, 6) is -2.44. The van der Waals surface area contributed by atoms with Gasteiger partial charge < -0.3 is 5.11 Å². The Bertz CT molecular complexity index is 4110. The number of rotatable bonds is 6. The van der Waals surface area contributed by atoms with Gasteiger partial charge in [-0.25, -0.2) is 4.98 Å². The summed E-state index contributed by atoms with van der Waals surface area (Å²) in [4.78, 5) is 9.62. The van der Waals surface area contributed by atoms with Crippen LogP contribution in [0.3, 0.4) is 0 Å². The monoisotopic (exact) mass is 848 g/mol. The predicted molar refractivity (Wildman–Crippen MR) is 263 cm³/mol. The number of pyridine rings is 1. The molecule has 2 heterocycles. The molecule has 1 N–H and O–H groups in total. The van der Waals surface area contributed by atoms with Crippen LogP contribution in [0.4, 0.5) is 0 Å². The fourth-order valence-corrected chi connectivity index (χ4v) is 7.38. The number of hydrogen-bond donors (Lipinski definition) is 1. The normalized spacial score (nSPS) is 22.0. The lowest BCUT2D eigenvalue weighted by Gasteiger charge is -2.28. The predicted octanol–water partition coefficient (Wildman–Crippen LogP) is 15.7. The van der Waals surface area contributed by atoms with Crippen molar-refractivity contribution in [1.29, 1.82) is 0 Å². The van der Waals surface area contributed by atoms with Gasteiger partial charge in [-0.1, -0.05) is 173 Å². The van der Waals surface area contributed by atoms with E-state index < -0.39 is 147 Å². The Morgan fingerprint density at radius 2 is 1.21 bits per heavy atom. The average Bonchev–Trinajstić information content (AvgIpc) is 0.800. The van der Waals surface area contributed by atoms with Gasteiger partial charge in [0.15, 0.2) is 0 Å². The van der Waals surface area contributed by atoms with Crippen LogP contribution in [0.25, 0.3) is 72.7 Å². The third-order valence-corrected chi connectivity index (χ3v) is 10.6. The molecule has 0 aliphatic heterocycles. The Kier molecular flexibility index (Phi) is 4.68. The van der Waals surface area contributed by atoms with Crippen LogP contribution in [0.5, 0.6) is 5.75 Å². The molecule has 8 aromatic rings. The molecule has 6 aromatic carbocycles. The van der Waals surface area contributed by atoms with Crippen molar-refractivity contribution in [2.75, 3.05) is 0 Å². The molecule has 0 amide bonds. The molecule has 314 valence electrons. The zero-order chi connectivity index (χ0) is 71.2. The molecule has 0 spiro atoms. The van der Waals surface area contributed by atoms with E-state index in [0.717, 1.165) is 22.8 Å². The summed E-state index contributed by atoms with van der Waals surface area (Å²) < 4.78 is 280. The van der Waals surface area contributed by atoms with E-state index in [1.165, 1.54) is 60.8 Å². The first-order valence-electron chi connectivity index (χ1n) is 35.3. The minimum Gasteiger partial charge on any atom is -0.507 e. The fraction of sp³-hybridized carbons (Fsp3) is 0.276. The second-order valence-electron chi connectivity index (χ2n) is 16.2. The highest BCUT2D eigenvalue weighted by Crippen LogP contribution is 2.46. The van der Waals surface area contributed by atoms with Crippen molar-refractivity contribution >= 4 is 11.0 Å². The van der Waals surface area contributed by atoms with Gasteiger partial charge in [-0.05, 0) is 109 Å². The lowest BCUT2D eigenvalue weighted by molar-refractivity contribution is 0.446. The Hall–Kier alpha value is -6.26. The molecule has 0 bridgehead atoms. The third kappa shape index (κ3) is 8.23. The highest BCUT2D eigenvalue weighted by atomic mass is 16.3. The second kappa shape index (κ2) is 15.6. The van der Waals surface area contributed by atoms with Crippen molar-refractivity contribution < 1.29 is 49.0 Å². The summed E-state index contributed by atoms with van der Waals surface area (Å²) in [5.41, 5.74) is -17.3. The van der Waals surface area contributed by atoms with Gasteiger partial charge in [-0.3, -0.25) is 9.55 Å². The maximum atomic E-state index is 13.2. The Morgan fingerprint density at radius 1 is 0.532 bits per heavy atom. The van der Waals surface area contributed by atoms with E-state index >= 15 is 0 Å². The summed E-state index contributed by atoms with van der Waals surface area (Å²) in [6, 6.07) is 20.4. The van der Waals surface area contributed by atoms with Crippen LogP contribution in [0.2, 0.25) is 0 Å². The van der Waals surface area contributed by atoms with Gasteiger partial charge in [0.25, 0.3) is 0 Å². The highest BCUT2D eigenvalue weighted by molar-refractivity contribution is 5.98. The molecule has 0 atom stereocenters. The Morgan fingerprint density at radius 3 is 1.92 bits per heavy atom. The van der Waals surface area contributed by atoms with Crippen molar-refractivity contribution in [3.05, 3.63) is 168 Å². The zero-order valence-electron chi connectivity index (χ0n) is 65.8. The van der Waals surface area contributed by atoms with Crippen molar-refractivity contribution in [3.63, 3.8) is 0 Å². The van der Waals surface area contributed by atoms with Gasteiger partial charge in [-0.15, -0.1) is 0 Å². The molecular formula is C58H61N3O. The van der Waals surface area contributed by atoms with Crippen LogP contribution >= 0.6 is 0 Å². The Balaban J connectivity index is 1.67. The van der Waals surface area contributed by atoms with Gasteiger partial charge in [0.2, 0.25) is 0 Å². The molecule has 0 radical (unpaired) electrons. The molecule has 0 fully saturated rings. The van der Waals surface area contributed by atoms with E-state index in [2.05, 4.69) is 4.98 Å². The smallest absolute Gasteiger partial charge is 0.149 e. The summed E-state index contributed by atoms with van der Waals surface area (Å²) in [7, 11) is 0. The summed E-state index contributed by atoms with van der Waals surface area (Å²) in [5, 5.41) is 13.2. The lowest BCUT2D eigenvalue weighted by atomic mass is 9.79. The number of aromatic nitrogens is 3. The van der Waals surface area contributed by atoms with E-state index in [1.807, 2.05) is 20.8 Å². The van der Waals surface area contributed by atoms with E-state index in [4.69, 9.17) is 48.8 Å². The first kappa shape index (κ1) is 18.6. The topological polar surface area (TPSA) is 50.9 Å². The molecule has 4 heteroatoms. The number of hydrogen-bond acceptors (Lipinski definition) is 3. The van der Waals surface area contributed by atoms with Crippen molar-refractivity contribution in [3.8, 4) is 67.5 Å². The average molecular weight is 848 g/mol. The van der Waals surface area contributed by atoms with Crippen molar-refractivity contribution in [2.24, 2.45) is 0 Å². The summed E-state index contributed by atoms with van der Waals surface area (Å²) in [6.45, 7) is -31.7. The van der Waals surface area contributed by atoms with E-state index in [1.54, 1.807) is 24.3 Å². The number of phenolic OH excluding ortho intramolecular Hbond substituents is 1. The van der Waals surface area contributed by atoms with Crippen molar-refractivity contribution in [1.82, 2.24) is 14.5 Å². The van der Waals surface area contributed by atoms with Gasteiger partial charge in [-0.2, -0.15) is 0 Å². The van der Waals surface area contributed by atoms with Gasteiger partial charge in [0, 0.05) is 65.5 Å². The SMILES string of the molecule is [2H]c1c([2H])c([2H])c(-c2ccnc(-c3cc(-c4cccc5c4nc(-c4cc(C(C([2H])([2H])[2H])(C([2H])([2H])[2H])C([2H])([2H])[2H])cc(C(C([2H])([2H])[2H])(C([2H])([2H])[2H])C([2H])([2H])[2H])c4O)n5-c4ccc(C(C([2H])([2H])[2H])(C([2H])([2H])[2H])C([2H])([2H])[2H])cc4-c4ccccc4)cc(C(C)(C)C)c3)c2)c([2H])c1[2H]. The molecule has 0 saturated heterocycles. The minimum atomic E-state index is -4.37. The van der Waals surface area contributed by atoms with Gasteiger partial charge in [0.05, 0.1) is 34.8 Å². The van der Waals surface area contributed by atoms with Crippen LogP contribution in [-0.2, 0) is 21.7 Å². The third-order valence-electron chi connectivity index (χ3n) is 10.6. The molecule has 2 aromatic heterocycles. The number of imidazole rings is 1. The van der Waals surface area contributed by atoms with E-state index in [9.17, 15) is 5.11 Å². The number of phenols is 1. The van der Waals surface area contributed by atoms with Gasteiger partial charge >= 0.3 is 0 Å². The minimum absolute atomic E-state index is 0.0656. The highest BCUT2D eigenvalue weighted by Gasteiger charge is 2.30. The molecule has 8 rings (SSSR count). The molecule has 62 heavy (non-hydrogen) atoms. The number of aromatic hydroxyl groups is 1. The van der Waals surface area contributed by atoms with Gasteiger partial charge in [0.1, 0.15) is 11.6 Å². The molecule has 0 unspecified atom stereocenters. The molecule has 0 aliphatic carbocycles. The first-order chi connectivity index (χ1) is 42.5.